The van der Waals surface area contributed by atoms with Crippen LogP contribution in [0.25, 0.3) is 0 Å². The van der Waals surface area contributed by atoms with Gasteiger partial charge in [0.05, 0.1) is 18.8 Å². The maximum atomic E-state index is 13.6. The van der Waals surface area contributed by atoms with Gasteiger partial charge < -0.3 is 29.2 Å². The van der Waals surface area contributed by atoms with Gasteiger partial charge in [0.25, 0.3) is 0 Å². The summed E-state index contributed by atoms with van der Waals surface area (Å²) in [6, 6.07) is 41.1. The Labute approximate surface area is 301 Å². The monoisotopic (exact) mass is 694 g/mol. The predicted octanol–water partition coefficient (Wildman–Crippen LogP) is 11.2. The van der Waals surface area contributed by atoms with Crippen LogP contribution >= 0.6 is 11.6 Å². The second-order valence-electron chi connectivity index (χ2n) is 12.4. The third-order valence-electron chi connectivity index (χ3n) is 9.20. The summed E-state index contributed by atoms with van der Waals surface area (Å²) in [6.45, 7) is 7.06. The summed E-state index contributed by atoms with van der Waals surface area (Å²) in [5, 5.41) is 4.18. The maximum absolute atomic E-state index is 13.6. The summed E-state index contributed by atoms with van der Waals surface area (Å²) in [5.41, 5.74) is 6.82. The number of nitrogens with one attached hydrogen (secondary N) is 1. The molecule has 2 aliphatic rings. The van der Waals surface area contributed by atoms with Crippen molar-refractivity contribution in [3.63, 3.8) is 0 Å². The van der Waals surface area contributed by atoms with Crippen molar-refractivity contribution in [2.75, 3.05) is 23.4 Å². The topological polar surface area (TPSA) is 69.3 Å². The Bertz CT molecular complexity index is 2240. The zero-order valence-electron chi connectivity index (χ0n) is 28.4. The molecule has 0 radical (unpaired) electrons. The van der Waals surface area contributed by atoms with Crippen LogP contribution in [-0.2, 0) is 10.3 Å². The summed E-state index contributed by atoms with van der Waals surface area (Å²) in [6.07, 6.45) is 0. The first-order valence-corrected chi connectivity index (χ1v) is 17.3. The van der Waals surface area contributed by atoms with Crippen LogP contribution in [0.1, 0.15) is 46.5 Å². The zero-order valence-corrected chi connectivity index (χ0v) is 29.2. The van der Waals surface area contributed by atoms with Gasteiger partial charge in [-0.3, -0.25) is 0 Å². The highest BCUT2D eigenvalue weighted by Crippen LogP contribution is 2.58. The minimum absolute atomic E-state index is 0.386. The molecule has 1 atom stereocenters. The van der Waals surface area contributed by atoms with Crippen molar-refractivity contribution < 1.29 is 23.7 Å². The largest absolute Gasteiger partial charge is 0.494 e. The molecule has 0 saturated carbocycles. The van der Waals surface area contributed by atoms with Gasteiger partial charge >= 0.3 is 5.97 Å². The number of halogens is 1. The Kier molecular flexibility index (Phi) is 8.28. The van der Waals surface area contributed by atoms with Crippen molar-refractivity contribution in [3.05, 3.63) is 160 Å². The third kappa shape index (κ3) is 5.69. The molecular weight excluding hydrogens is 660 g/mol. The molecule has 8 heteroatoms. The first-order valence-electron chi connectivity index (χ1n) is 17.0. The van der Waals surface area contributed by atoms with Gasteiger partial charge in [-0.05, 0) is 105 Å². The van der Waals surface area contributed by atoms with E-state index in [1.54, 1.807) is 0 Å². The Morgan fingerprint density at radius 1 is 0.686 bits per heavy atom. The second kappa shape index (κ2) is 13.1. The van der Waals surface area contributed by atoms with Crippen LogP contribution in [-0.4, -0.2) is 19.2 Å². The normalized spacial score (nSPS) is 15.3. The van der Waals surface area contributed by atoms with Gasteiger partial charge in [-0.25, -0.2) is 4.79 Å². The molecule has 7 nitrogen and oxygen atoms in total. The molecule has 0 aromatic heterocycles. The molecule has 0 bridgehead atoms. The number of ether oxygens (including phenoxy) is 4. The number of nitrogens with zero attached hydrogens (tertiary/aromatic N) is 1. The van der Waals surface area contributed by atoms with E-state index in [-0.39, 0.29) is 5.97 Å². The van der Waals surface area contributed by atoms with E-state index in [0.717, 1.165) is 62.2 Å². The van der Waals surface area contributed by atoms with Crippen LogP contribution in [0.5, 0.6) is 23.0 Å². The fourth-order valence-electron chi connectivity index (χ4n) is 6.98. The molecule has 1 spiro atoms. The minimum Gasteiger partial charge on any atom is -0.494 e. The number of aryl methyl sites for hydroxylation is 1. The lowest BCUT2D eigenvalue weighted by molar-refractivity contribution is 0.0224. The number of carbonyl (C=O) groups is 1. The fraction of sp³-hybridized carbons (Fsp3) is 0.140. The van der Waals surface area contributed by atoms with E-state index in [9.17, 15) is 4.79 Å². The molecule has 2 heterocycles. The lowest BCUT2D eigenvalue weighted by atomic mass is 9.77. The first-order chi connectivity index (χ1) is 24.9. The van der Waals surface area contributed by atoms with Crippen LogP contribution in [0, 0.1) is 6.92 Å². The number of benzene rings is 6. The molecular formula is C43H35ClN2O5. The van der Waals surface area contributed by atoms with E-state index >= 15 is 0 Å². The van der Waals surface area contributed by atoms with Crippen LogP contribution in [0.15, 0.2) is 127 Å². The minimum atomic E-state index is -1.24. The molecule has 0 fully saturated rings. The summed E-state index contributed by atoms with van der Waals surface area (Å²) >= 11 is 6.16. The predicted molar refractivity (Wildman–Crippen MR) is 201 cm³/mol. The maximum Gasteiger partial charge on any atom is 0.340 e. The van der Waals surface area contributed by atoms with Crippen LogP contribution in [0.4, 0.5) is 28.4 Å². The molecule has 1 N–H and O–H groups in total. The third-order valence-corrected chi connectivity index (χ3v) is 9.45. The number of hydrogen-bond donors (Lipinski definition) is 1. The van der Waals surface area contributed by atoms with Crippen molar-refractivity contribution in [3.8, 4) is 23.0 Å². The molecule has 1 unspecified atom stereocenters. The fourth-order valence-corrected chi connectivity index (χ4v) is 7.10. The lowest BCUT2D eigenvalue weighted by Crippen LogP contribution is -2.33. The van der Waals surface area contributed by atoms with Crippen LogP contribution < -0.4 is 24.4 Å². The highest BCUT2D eigenvalue weighted by atomic mass is 35.5. The average molecular weight is 695 g/mol. The van der Waals surface area contributed by atoms with Gasteiger partial charge in [-0.2, -0.15) is 0 Å². The summed E-state index contributed by atoms with van der Waals surface area (Å²) in [5.74, 6) is 2.32. The zero-order chi connectivity index (χ0) is 35.1. The van der Waals surface area contributed by atoms with E-state index in [2.05, 4.69) is 10.2 Å². The Hall–Kier alpha value is -5.92. The van der Waals surface area contributed by atoms with Gasteiger partial charge in [0.15, 0.2) is 5.60 Å². The van der Waals surface area contributed by atoms with E-state index in [1.165, 1.54) is 0 Å². The lowest BCUT2D eigenvalue weighted by Gasteiger charge is -2.38. The van der Waals surface area contributed by atoms with Crippen molar-refractivity contribution >= 4 is 46.0 Å². The number of hydrogen-bond acceptors (Lipinski definition) is 7. The van der Waals surface area contributed by atoms with Crippen molar-refractivity contribution in [2.45, 2.75) is 26.4 Å². The van der Waals surface area contributed by atoms with Gasteiger partial charge in [0, 0.05) is 68.3 Å². The molecule has 6 aromatic rings. The molecule has 0 aliphatic carbocycles. The van der Waals surface area contributed by atoms with Crippen molar-refractivity contribution in [1.82, 2.24) is 0 Å². The van der Waals surface area contributed by atoms with Gasteiger partial charge in [0.1, 0.15) is 23.0 Å². The molecule has 2 aliphatic heterocycles. The molecule has 254 valence electrons. The number of esters is 1. The highest BCUT2D eigenvalue weighted by molar-refractivity contribution is 6.30. The quantitative estimate of drug-likeness (QED) is 0.151. The van der Waals surface area contributed by atoms with Gasteiger partial charge in [-0.15, -0.1) is 0 Å². The van der Waals surface area contributed by atoms with E-state index in [0.29, 0.717) is 35.3 Å². The first kappa shape index (κ1) is 32.3. The van der Waals surface area contributed by atoms with Crippen molar-refractivity contribution in [1.29, 1.82) is 0 Å². The number of carbonyl (C=O) groups excluding carboxylic acids is 1. The highest BCUT2D eigenvalue weighted by Gasteiger charge is 2.53. The second-order valence-corrected chi connectivity index (χ2v) is 12.8. The van der Waals surface area contributed by atoms with Crippen LogP contribution in [0.2, 0.25) is 5.02 Å². The van der Waals surface area contributed by atoms with Gasteiger partial charge in [0.2, 0.25) is 0 Å². The summed E-state index contributed by atoms with van der Waals surface area (Å²) in [7, 11) is 0. The van der Waals surface area contributed by atoms with Crippen molar-refractivity contribution in [2.24, 2.45) is 0 Å². The SMILES string of the molecule is CCOc1cccc(N(c2cccc(OCC)c2)c2ccc3c(c2)Oc2cc(C)c(Nc4ccc(Cl)cc4)cc2C32OC(=O)c3ccccc32)c1. The Balaban J connectivity index is 1.31. The van der Waals surface area contributed by atoms with E-state index in [4.69, 9.17) is 30.5 Å². The molecule has 6 aromatic carbocycles. The summed E-state index contributed by atoms with van der Waals surface area (Å²) in [4.78, 5) is 15.8. The Morgan fingerprint density at radius 3 is 2.02 bits per heavy atom. The number of rotatable bonds is 9. The standard InChI is InChI=1S/C43H35ClN2O5/c1-4-48-33-12-8-10-30(23-33)46(31-11-9-13-34(24-31)49-5-2)32-20-21-37-41(25-32)50-40-22-27(3)39(45-29-18-16-28(44)17-19-29)26-38(40)43(37)36-15-7-6-14-35(36)42(47)51-43/h6-26,45H,4-5H2,1-3H3. The number of fused-ring (bicyclic) bond motifs is 6. The van der Waals surface area contributed by atoms with Crippen LogP contribution in [0.3, 0.4) is 0 Å². The Morgan fingerprint density at radius 2 is 1.33 bits per heavy atom. The van der Waals surface area contributed by atoms with Gasteiger partial charge in [-0.1, -0.05) is 41.9 Å². The smallest absolute Gasteiger partial charge is 0.340 e. The number of anilines is 5. The van der Waals surface area contributed by atoms with E-state index in [1.807, 2.05) is 148 Å². The molecule has 0 saturated heterocycles. The van der Waals surface area contributed by atoms with E-state index < -0.39 is 5.60 Å². The molecule has 0 amide bonds. The average Bonchev–Trinajstić information content (AvgIpc) is 3.43. The molecule has 8 rings (SSSR count). The molecule has 51 heavy (non-hydrogen) atoms. The summed E-state index contributed by atoms with van der Waals surface area (Å²) < 4.78 is 25.1.